The zero-order chi connectivity index (χ0) is 19.2. The van der Waals surface area contributed by atoms with Gasteiger partial charge in [0.05, 0.1) is 22.4 Å². The van der Waals surface area contributed by atoms with E-state index in [9.17, 15) is 4.21 Å². The van der Waals surface area contributed by atoms with Gasteiger partial charge in [0.2, 0.25) is 5.95 Å². The van der Waals surface area contributed by atoms with Crippen molar-refractivity contribution in [2.75, 3.05) is 55.7 Å². The van der Waals surface area contributed by atoms with Crippen molar-refractivity contribution in [3.63, 3.8) is 0 Å². The molecule has 0 amide bonds. The fraction of sp³-hybridized carbons (Fsp3) is 0.789. The van der Waals surface area contributed by atoms with Crippen molar-refractivity contribution < 1.29 is 4.21 Å². The van der Waals surface area contributed by atoms with E-state index >= 15 is 0 Å². The number of likely N-dealkylation sites (N-methyl/N-ethyl adjacent to an activating group) is 1. The molecule has 1 aromatic heterocycles. The normalized spacial score (nSPS) is 20.2. The van der Waals surface area contributed by atoms with Crippen LogP contribution in [-0.4, -0.2) is 70.6 Å². The van der Waals surface area contributed by atoms with E-state index in [1.165, 1.54) is 24.1 Å². The van der Waals surface area contributed by atoms with Gasteiger partial charge in [0, 0.05) is 44.3 Å². The number of piperazine rings is 1. The highest BCUT2D eigenvalue weighted by Gasteiger charge is 2.22. The summed E-state index contributed by atoms with van der Waals surface area (Å²) in [5, 5.41) is 3.46. The van der Waals surface area contributed by atoms with Crippen LogP contribution < -0.4 is 14.9 Å². The Hall–Kier alpha value is -1.25. The molecule has 0 bridgehead atoms. The van der Waals surface area contributed by atoms with Crippen molar-refractivity contribution in [3.05, 3.63) is 11.3 Å². The number of fused-ring (bicyclic) bond motifs is 1. The number of hydrogen-bond acceptors (Lipinski definition) is 6. The van der Waals surface area contributed by atoms with Crippen LogP contribution in [0.15, 0.2) is 0 Å². The maximum atomic E-state index is 12.2. The van der Waals surface area contributed by atoms with Crippen LogP contribution in [0.5, 0.6) is 0 Å². The Labute approximate surface area is 165 Å². The summed E-state index contributed by atoms with van der Waals surface area (Å²) in [6.45, 7) is 8.85. The molecular weight excluding hydrogens is 360 g/mol. The van der Waals surface area contributed by atoms with Crippen LogP contribution in [0.4, 0.5) is 11.8 Å². The van der Waals surface area contributed by atoms with Crippen molar-refractivity contribution in [2.24, 2.45) is 0 Å². The zero-order valence-electron chi connectivity index (χ0n) is 17.0. The van der Waals surface area contributed by atoms with Crippen LogP contribution in [-0.2, 0) is 23.8 Å². The van der Waals surface area contributed by atoms with Crippen LogP contribution in [0, 0.1) is 0 Å². The third-order valence-corrected chi connectivity index (χ3v) is 6.72. The topological polar surface area (TPSA) is 73.4 Å². The summed E-state index contributed by atoms with van der Waals surface area (Å²) in [6, 6.07) is 0.279. The maximum Gasteiger partial charge on any atom is 0.227 e. The summed E-state index contributed by atoms with van der Waals surface area (Å²) in [5.74, 6) is 2.38. The lowest BCUT2D eigenvalue weighted by molar-refractivity contribution is 0.311. The number of nitrogens with zero attached hydrogens (tertiary/aromatic N) is 4. The van der Waals surface area contributed by atoms with E-state index in [1.807, 2.05) is 0 Å². The summed E-state index contributed by atoms with van der Waals surface area (Å²) in [5.41, 5.74) is 2.46. The van der Waals surface area contributed by atoms with Crippen molar-refractivity contribution in [1.82, 2.24) is 19.6 Å². The van der Waals surface area contributed by atoms with Crippen LogP contribution in [0.25, 0.3) is 0 Å². The van der Waals surface area contributed by atoms with E-state index in [4.69, 9.17) is 9.97 Å². The number of rotatable bonds is 8. The lowest BCUT2D eigenvalue weighted by Gasteiger charge is -2.33. The van der Waals surface area contributed by atoms with Gasteiger partial charge in [0.1, 0.15) is 5.82 Å². The molecule has 1 aliphatic carbocycles. The molecule has 1 aliphatic heterocycles. The quantitative estimate of drug-likeness (QED) is 0.697. The third kappa shape index (κ3) is 5.62. The number of nitrogens with one attached hydrogen (secondary N) is 2. The molecule has 1 saturated heterocycles. The molecule has 2 atom stereocenters. The number of aromatic nitrogens is 2. The summed E-state index contributed by atoms with van der Waals surface area (Å²) in [7, 11) is 1.15. The van der Waals surface area contributed by atoms with Crippen molar-refractivity contribution in [3.8, 4) is 0 Å². The first-order valence-corrected chi connectivity index (χ1v) is 11.6. The molecule has 7 nitrogen and oxygen atoms in total. The van der Waals surface area contributed by atoms with E-state index in [0.29, 0.717) is 12.3 Å². The Kier molecular flexibility index (Phi) is 7.43. The Balaban J connectivity index is 1.67. The van der Waals surface area contributed by atoms with E-state index in [1.54, 1.807) is 0 Å². The lowest BCUT2D eigenvalue weighted by atomic mass is 9.96. The second-order valence-electron chi connectivity index (χ2n) is 7.70. The minimum atomic E-state index is -1.01. The van der Waals surface area contributed by atoms with Gasteiger partial charge in [-0.2, -0.15) is 4.98 Å². The van der Waals surface area contributed by atoms with E-state index in [0.717, 1.165) is 57.2 Å². The second-order valence-corrected chi connectivity index (χ2v) is 9.03. The standard InChI is InChI=1S/C19H34N6OS/c1-4-15(2)23-27(26)14-9-20-18-16-7-5-6-8-17(16)21-19(22-18)25-12-10-24(3)11-13-25/h15,23H,4-14H2,1-3H3,(H,20,21,22). The first-order chi connectivity index (χ1) is 13.1. The molecule has 1 aromatic rings. The monoisotopic (exact) mass is 394 g/mol. The Morgan fingerprint density at radius 3 is 2.63 bits per heavy atom. The molecule has 0 saturated carbocycles. The molecule has 152 valence electrons. The molecule has 2 N–H and O–H groups in total. The number of anilines is 2. The maximum absolute atomic E-state index is 12.2. The van der Waals surface area contributed by atoms with Crippen LogP contribution >= 0.6 is 0 Å². The first-order valence-electron chi connectivity index (χ1n) is 10.3. The summed E-state index contributed by atoms with van der Waals surface area (Å²) in [6.07, 6.45) is 5.45. The molecule has 2 heterocycles. The molecule has 1 fully saturated rings. The van der Waals surface area contributed by atoms with Gasteiger partial charge in [-0.25, -0.2) is 13.9 Å². The Morgan fingerprint density at radius 2 is 1.89 bits per heavy atom. The van der Waals surface area contributed by atoms with Crippen molar-refractivity contribution in [1.29, 1.82) is 0 Å². The van der Waals surface area contributed by atoms with Gasteiger partial charge in [-0.1, -0.05) is 6.92 Å². The van der Waals surface area contributed by atoms with E-state index < -0.39 is 11.0 Å². The SMILES string of the molecule is CCC(C)NS(=O)CCNc1nc(N2CCN(C)CC2)nc2c1CCCC2. The highest BCUT2D eigenvalue weighted by molar-refractivity contribution is 7.83. The molecule has 0 spiro atoms. The zero-order valence-corrected chi connectivity index (χ0v) is 17.8. The van der Waals surface area contributed by atoms with E-state index in [-0.39, 0.29) is 6.04 Å². The molecule has 0 aromatic carbocycles. The largest absolute Gasteiger partial charge is 0.369 e. The van der Waals surface area contributed by atoms with Gasteiger partial charge in [-0.3, -0.25) is 0 Å². The Morgan fingerprint density at radius 1 is 1.15 bits per heavy atom. The van der Waals surface area contributed by atoms with Crippen molar-refractivity contribution in [2.45, 2.75) is 52.0 Å². The molecule has 0 radical (unpaired) electrons. The van der Waals surface area contributed by atoms with Crippen LogP contribution in [0.1, 0.15) is 44.4 Å². The molecule has 8 heteroatoms. The van der Waals surface area contributed by atoms with Gasteiger partial charge in [-0.15, -0.1) is 0 Å². The third-order valence-electron chi connectivity index (χ3n) is 5.48. The molecule has 3 rings (SSSR count). The fourth-order valence-corrected chi connectivity index (χ4v) is 4.52. The van der Waals surface area contributed by atoms with Gasteiger partial charge in [0.15, 0.2) is 0 Å². The van der Waals surface area contributed by atoms with Gasteiger partial charge >= 0.3 is 0 Å². The first kappa shape index (κ1) is 20.5. The number of hydrogen-bond donors (Lipinski definition) is 2. The second kappa shape index (κ2) is 9.80. The summed E-state index contributed by atoms with van der Waals surface area (Å²) in [4.78, 5) is 14.4. The van der Waals surface area contributed by atoms with Gasteiger partial charge in [0.25, 0.3) is 0 Å². The van der Waals surface area contributed by atoms with Crippen LogP contribution in [0.3, 0.4) is 0 Å². The Bertz CT molecular complexity index is 647. The predicted octanol–water partition coefficient (Wildman–Crippen LogP) is 1.57. The summed E-state index contributed by atoms with van der Waals surface area (Å²) < 4.78 is 15.3. The molecule has 27 heavy (non-hydrogen) atoms. The fourth-order valence-electron chi connectivity index (χ4n) is 3.50. The average molecular weight is 395 g/mol. The van der Waals surface area contributed by atoms with E-state index in [2.05, 4.69) is 40.7 Å². The molecular formula is C19H34N6OS. The van der Waals surface area contributed by atoms with Gasteiger partial charge < -0.3 is 15.1 Å². The smallest absolute Gasteiger partial charge is 0.227 e. The minimum absolute atomic E-state index is 0.279. The molecule has 2 aliphatic rings. The minimum Gasteiger partial charge on any atom is -0.369 e. The highest BCUT2D eigenvalue weighted by Crippen LogP contribution is 2.28. The number of aryl methyl sites for hydroxylation is 1. The van der Waals surface area contributed by atoms with Crippen molar-refractivity contribution >= 4 is 22.8 Å². The van der Waals surface area contributed by atoms with Crippen LogP contribution in [0.2, 0.25) is 0 Å². The lowest BCUT2D eigenvalue weighted by Crippen LogP contribution is -2.45. The highest BCUT2D eigenvalue weighted by atomic mass is 32.2. The summed E-state index contributed by atoms with van der Waals surface area (Å²) >= 11 is 0. The van der Waals surface area contributed by atoms with Gasteiger partial charge in [-0.05, 0) is 46.1 Å². The average Bonchev–Trinajstić information content (AvgIpc) is 2.68. The predicted molar refractivity (Wildman–Crippen MR) is 113 cm³/mol. The molecule has 2 unspecified atom stereocenters.